The predicted octanol–water partition coefficient (Wildman–Crippen LogP) is 5.30. The molecular formula is C28H35F2N7OS. The molecule has 0 atom stereocenters. The summed E-state index contributed by atoms with van der Waals surface area (Å²) in [5.41, 5.74) is 8.79. The highest BCUT2D eigenvalue weighted by Crippen LogP contribution is 2.43. The van der Waals surface area contributed by atoms with E-state index in [1.54, 1.807) is 26.4 Å². The van der Waals surface area contributed by atoms with Gasteiger partial charge in [0.1, 0.15) is 17.3 Å². The molecule has 0 radical (unpaired) electrons. The number of nitrogens with two attached hydrogens (primary N) is 1. The number of H-pyrrole nitrogens is 1. The van der Waals surface area contributed by atoms with Crippen molar-refractivity contribution in [2.24, 2.45) is 21.6 Å². The molecule has 2 aromatic rings. The summed E-state index contributed by atoms with van der Waals surface area (Å²) in [5, 5.41) is 20.1. The molecule has 39 heavy (non-hydrogen) atoms. The Bertz CT molecular complexity index is 1330. The van der Waals surface area contributed by atoms with Crippen molar-refractivity contribution < 1.29 is 13.9 Å². The lowest BCUT2D eigenvalue weighted by atomic mass is 9.90. The second kappa shape index (κ2) is 12.2. The molecule has 0 aliphatic heterocycles. The Morgan fingerprint density at radius 3 is 2.46 bits per heavy atom. The Hall–Kier alpha value is -3.44. The second-order valence-electron chi connectivity index (χ2n) is 9.91. The van der Waals surface area contributed by atoms with Crippen LogP contribution in [-0.2, 0) is 0 Å². The lowest BCUT2D eigenvalue weighted by molar-refractivity contribution is 0.0780. The highest BCUT2D eigenvalue weighted by molar-refractivity contribution is 7.98. The van der Waals surface area contributed by atoms with Crippen molar-refractivity contribution in [3.63, 3.8) is 0 Å². The molecule has 2 saturated carbocycles. The number of nitrogens with one attached hydrogen (secondary N) is 2. The molecule has 208 valence electrons. The predicted molar refractivity (Wildman–Crippen MR) is 155 cm³/mol. The smallest absolute Gasteiger partial charge is 0.153 e. The zero-order chi connectivity index (χ0) is 28.3. The minimum absolute atomic E-state index is 0.0527. The van der Waals surface area contributed by atoms with Gasteiger partial charge in [-0.3, -0.25) is 10.1 Å². The lowest BCUT2D eigenvalue weighted by Gasteiger charge is -2.27. The number of rotatable bonds is 10. The minimum Gasteiger partial charge on any atom is -0.404 e. The van der Waals surface area contributed by atoms with Crippen molar-refractivity contribution in [2.75, 3.05) is 23.5 Å². The first kappa shape index (κ1) is 28.6. The van der Waals surface area contributed by atoms with Gasteiger partial charge in [-0.1, -0.05) is 6.58 Å². The molecule has 11 heteroatoms. The van der Waals surface area contributed by atoms with Gasteiger partial charge >= 0.3 is 0 Å². The van der Waals surface area contributed by atoms with Gasteiger partial charge in [0.15, 0.2) is 17.5 Å². The molecule has 8 nitrogen and oxygen atoms in total. The zero-order valence-electron chi connectivity index (χ0n) is 22.6. The van der Waals surface area contributed by atoms with Gasteiger partial charge in [-0.2, -0.15) is 5.10 Å². The number of anilines is 2. The van der Waals surface area contributed by atoms with Crippen LogP contribution in [0.5, 0.6) is 0 Å². The molecule has 0 saturated heterocycles. The SMILES string of the molecule is C=C(/C(C=NC1CC(O)C1)=C/N)/C(=C(\N=C(/C)N(C)c1c(F)cc(SC)cc1F)Nc1cc(C)[nH]n1)C1CC1. The first-order chi connectivity index (χ1) is 18.6. The highest BCUT2D eigenvalue weighted by atomic mass is 32.2. The molecule has 1 heterocycles. The first-order valence-electron chi connectivity index (χ1n) is 12.8. The average molecular weight is 556 g/mol. The number of hydrogen-bond donors (Lipinski definition) is 4. The van der Waals surface area contributed by atoms with Crippen LogP contribution in [0.2, 0.25) is 0 Å². The molecular weight excluding hydrogens is 520 g/mol. The fraction of sp³-hybridized carbons (Fsp3) is 0.393. The van der Waals surface area contributed by atoms with Crippen molar-refractivity contribution in [2.45, 2.75) is 56.6 Å². The van der Waals surface area contributed by atoms with E-state index in [0.29, 0.717) is 46.4 Å². The van der Waals surface area contributed by atoms with Crippen molar-refractivity contribution in [1.82, 2.24) is 10.2 Å². The number of aromatic nitrogens is 2. The summed E-state index contributed by atoms with van der Waals surface area (Å²) < 4.78 is 29.8. The van der Waals surface area contributed by atoms with Crippen LogP contribution < -0.4 is 16.0 Å². The van der Waals surface area contributed by atoms with Crippen molar-refractivity contribution >= 4 is 35.3 Å². The summed E-state index contributed by atoms with van der Waals surface area (Å²) in [5.74, 6) is 0.202. The summed E-state index contributed by atoms with van der Waals surface area (Å²) >= 11 is 1.27. The van der Waals surface area contributed by atoms with Crippen LogP contribution in [0.25, 0.3) is 0 Å². The number of hydrogen-bond acceptors (Lipinski definition) is 7. The van der Waals surface area contributed by atoms with E-state index < -0.39 is 11.6 Å². The monoisotopic (exact) mass is 555 g/mol. The van der Waals surface area contributed by atoms with E-state index in [-0.39, 0.29) is 23.8 Å². The Labute approximate surface area is 231 Å². The third kappa shape index (κ3) is 6.77. The molecule has 1 aromatic heterocycles. The van der Waals surface area contributed by atoms with E-state index in [1.165, 1.54) is 35.0 Å². The van der Waals surface area contributed by atoms with Gasteiger partial charge in [-0.25, -0.2) is 13.8 Å². The lowest BCUT2D eigenvalue weighted by Crippen LogP contribution is -2.31. The summed E-state index contributed by atoms with van der Waals surface area (Å²) in [7, 11) is 1.58. The number of aryl methyl sites for hydroxylation is 1. The van der Waals surface area contributed by atoms with Gasteiger partial charge in [-0.15, -0.1) is 11.8 Å². The van der Waals surface area contributed by atoms with Crippen LogP contribution in [0.1, 0.15) is 38.3 Å². The number of amidine groups is 1. The van der Waals surface area contributed by atoms with Crippen molar-refractivity contribution in [3.8, 4) is 0 Å². The van der Waals surface area contributed by atoms with Crippen LogP contribution >= 0.6 is 11.8 Å². The Morgan fingerprint density at radius 1 is 1.28 bits per heavy atom. The van der Waals surface area contributed by atoms with Crippen LogP contribution in [-0.4, -0.2) is 52.8 Å². The van der Waals surface area contributed by atoms with E-state index >= 15 is 0 Å². The number of benzene rings is 1. The molecule has 0 spiro atoms. The van der Waals surface area contributed by atoms with Crippen molar-refractivity contribution in [1.29, 1.82) is 0 Å². The van der Waals surface area contributed by atoms with E-state index in [2.05, 4.69) is 27.1 Å². The number of nitrogens with zero attached hydrogens (tertiary/aromatic N) is 4. The Kier molecular flexibility index (Phi) is 8.91. The molecule has 0 unspecified atom stereocenters. The number of aliphatic imine (C=N–C) groups is 2. The van der Waals surface area contributed by atoms with Crippen LogP contribution in [0.15, 0.2) is 68.4 Å². The fourth-order valence-corrected chi connectivity index (χ4v) is 4.78. The van der Waals surface area contributed by atoms with Gasteiger partial charge in [0.05, 0.1) is 12.1 Å². The van der Waals surface area contributed by atoms with Crippen LogP contribution in [0.4, 0.5) is 20.3 Å². The van der Waals surface area contributed by atoms with Gasteiger partial charge in [0.2, 0.25) is 0 Å². The normalized spacial score (nSPS) is 20.6. The highest BCUT2D eigenvalue weighted by Gasteiger charge is 2.32. The molecule has 5 N–H and O–H groups in total. The zero-order valence-corrected chi connectivity index (χ0v) is 23.4. The number of aliphatic hydroxyl groups excluding tert-OH is 1. The van der Waals surface area contributed by atoms with E-state index in [0.717, 1.165) is 24.1 Å². The van der Waals surface area contributed by atoms with Crippen molar-refractivity contribution in [3.05, 3.63) is 70.8 Å². The van der Waals surface area contributed by atoms with E-state index in [1.807, 2.05) is 13.0 Å². The summed E-state index contributed by atoms with van der Waals surface area (Å²) in [6.45, 7) is 7.91. The number of thioether (sulfide) groups is 1. The molecule has 2 fully saturated rings. The Morgan fingerprint density at radius 2 is 1.95 bits per heavy atom. The Balaban J connectivity index is 1.74. The quantitative estimate of drug-likeness (QED) is 0.137. The molecule has 0 amide bonds. The number of aromatic amines is 1. The maximum Gasteiger partial charge on any atom is 0.153 e. The maximum absolute atomic E-state index is 14.9. The van der Waals surface area contributed by atoms with Gasteiger partial charge in [0.25, 0.3) is 0 Å². The van der Waals surface area contributed by atoms with E-state index in [4.69, 9.17) is 10.7 Å². The molecule has 2 aliphatic carbocycles. The topological polar surface area (TPSA) is 115 Å². The average Bonchev–Trinajstić information content (AvgIpc) is 3.62. The summed E-state index contributed by atoms with van der Waals surface area (Å²) in [6, 6.07) is 4.51. The van der Waals surface area contributed by atoms with Gasteiger partial charge in [-0.05, 0) is 69.4 Å². The van der Waals surface area contributed by atoms with Crippen LogP contribution in [0, 0.1) is 24.5 Å². The van der Waals surface area contributed by atoms with Gasteiger partial charge in [0, 0.05) is 47.3 Å². The number of allylic oxidation sites excluding steroid dienone is 3. The second-order valence-corrected chi connectivity index (χ2v) is 10.8. The summed E-state index contributed by atoms with van der Waals surface area (Å²) in [6.07, 6.45) is 7.73. The minimum atomic E-state index is -0.671. The standard InChI is InChI=1S/C28H35F2N7OS/c1-15-8-25(36-35-15)34-28(33-17(3)37(4)27-23(29)11-22(39-5)12-24(27)30)26(18-6-7-18)16(2)19(13-31)14-32-20-9-21(38)10-20/h8,11-14,18,20-21,38H,2,6-7,9-10,31H2,1,3-5H3,(H2,34,35,36)/b19-13+,28-26-,32-14?,33-17+. The molecule has 1 aromatic carbocycles. The molecule has 2 aliphatic rings. The van der Waals surface area contributed by atoms with E-state index in [9.17, 15) is 13.9 Å². The number of aliphatic hydroxyl groups is 1. The number of halogens is 2. The summed E-state index contributed by atoms with van der Waals surface area (Å²) in [4.78, 5) is 11.3. The first-order valence-corrected chi connectivity index (χ1v) is 14.0. The van der Waals surface area contributed by atoms with Crippen LogP contribution in [0.3, 0.4) is 0 Å². The third-order valence-corrected chi connectivity index (χ3v) is 7.59. The largest absolute Gasteiger partial charge is 0.404 e. The van der Waals surface area contributed by atoms with Gasteiger partial charge < -0.3 is 21.1 Å². The maximum atomic E-state index is 14.9. The third-order valence-electron chi connectivity index (χ3n) is 6.88. The fourth-order valence-electron chi connectivity index (χ4n) is 4.34. The molecule has 4 rings (SSSR count). The molecule has 0 bridgehead atoms.